The molecular weight excluding hydrogens is 301 g/mol. The lowest BCUT2D eigenvalue weighted by Gasteiger charge is -2.17. The number of rotatable bonds is 4. The van der Waals surface area contributed by atoms with E-state index in [0.29, 0.717) is 4.52 Å². The smallest absolute Gasteiger partial charge is 0.352 e. The monoisotopic (exact) mass is 314 g/mol. The summed E-state index contributed by atoms with van der Waals surface area (Å²) in [7, 11) is 1.58. The molecule has 0 aromatic carbocycles. The van der Waals surface area contributed by atoms with E-state index in [0.717, 1.165) is 12.8 Å². The Hall–Kier alpha value is -2.39. The summed E-state index contributed by atoms with van der Waals surface area (Å²) >= 11 is 0. The molecule has 2 heterocycles. The van der Waals surface area contributed by atoms with Crippen LogP contribution in [-0.2, 0) is 11.0 Å². The highest BCUT2D eigenvalue weighted by Gasteiger charge is 2.37. The molecule has 2 aromatic rings. The number of anilines is 1. The molecule has 0 atom stereocenters. The fraction of sp³-hybridized carbons (Fsp3) is 0.500. The molecule has 0 radical (unpaired) electrons. The molecule has 0 saturated heterocycles. The van der Waals surface area contributed by atoms with Crippen molar-refractivity contribution < 1.29 is 18.0 Å². The average molecular weight is 314 g/mol. The predicted octanol–water partition coefficient (Wildman–Crippen LogP) is 0.858. The fourth-order valence-electron chi connectivity index (χ4n) is 1.96. The predicted molar refractivity (Wildman–Crippen MR) is 70.2 cm³/mol. The van der Waals surface area contributed by atoms with Gasteiger partial charge in [-0.3, -0.25) is 4.79 Å². The first-order valence-corrected chi connectivity index (χ1v) is 6.65. The van der Waals surface area contributed by atoms with Crippen molar-refractivity contribution in [2.45, 2.75) is 25.1 Å². The van der Waals surface area contributed by atoms with Crippen molar-refractivity contribution in [1.29, 1.82) is 0 Å². The lowest BCUT2D eigenvalue weighted by atomic mass is 10.4. The highest BCUT2D eigenvalue weighted by atomic mass is 19.4. The fourth-order valence-corrected chi connectivity index (χ4v) is 1.96. The Balaban J connectivity index is 1.82. The van der Waals surface area contributed by atoms with Crippen molar-refractivity contribution in [3.05, 3.63) is 18.0 Å². The van der Waals surface area contributed by atoms with Crippen LogP contribution in [0.25, 0.3) is 5.65 Å². The van der Waals surface area contributed by atoms with Gasteiger partial charge >= 0.3 is 6.18 Å². The van der Waals surface area contributed by atoms with Crippen LogP contribution in [0, 0.1) is 0 Å². The summed E-state index contributed by atoms with van der Waals surface area (Å²) in [6, 6.07) is 3.10. The van der Waals surface area contributed by atoms with Crippen molar-refractivity contribution in [3.8, 4) is 0 Å². The molecule has 1 aliphatic rings. The highest BCUT2D eigenvalue weighted by Crippen LogP contribution is 2.27. The van der Waals surface area contributed by atoms with E-state index in [4.69, 9.17) is 0 Å². The Morgan fingerprint density at radius 2 is 2.14 bits per heavy atom. The van der Waals surface area contributed by atoms with E-state index in [2.05, 4.69) is 20.6 Å². The van der Waals surface area contributed by atoms with Crippen LogP contribution in [0.5, 0.6) is 0 Å². The van der Waals surface area contributed by atoms with Gasteiger partial charge in [-0.15, -0.1) is 15.3 Å². The van der Waals surface area contributed by atoms with Gasteiger partial charge in [-0.1, -0.05) is 0 Å². The van der Waals surface area contributed by atoms with Gasteiger partial charge in [0.1, 0.15) is 5.82 Å². The average Bonchev–Trinajstić information content (AvgIpc) is 3.12. The van der Waals surface area contributed by atoms with Crippen LogP contribution in [-0.4, -0.2) is 45.4 Å². The van der Waals surface area contributed by atoms with Gasteiger partial charge in [0.25, 0.3) is 5.82 Å². The van der Waals surface area contributed by atoms with Gasteiger partial charge in [0.05, 0.1) is 6.54 Å². The number of hydrogen-bond donors (Lipinski definition) is 1. The largest absolute Gasteiger partial charge is 0.453 e. The van der Waals surface area contributed by atoms with Crippen LogP contribution in [0.4, 0.5) is 19.0 Å². The maximum absolute atomic E-state index is 12.8. The van der Waals surface area contributed by atoms with E-state index in [1.807, 2.05) is 0 Å². The molecule has 1 aliphatic carbocycles. The van der Waals surface area contributed by atoms with Crippen LogP contribution < -0.4 is 10.2 Å². The zero-order chi connectivity index (χ0) is 15.9. The SMILES string of the molecule is CN(CC(=O)NC1CC1)c1ccc2nnc(C(F)(F)F)n2n1. The number of nitrogens with zero attached hydrogens (tertiary/aromatic N) is 5. The molecule has 0 aliphatic heterocycles. The molecule has 0 unspecified atom stereocenters. The van der Waals surface area contributed by atoms with Crippen molar-refractivity contribution in [3.63, 3.8) is 0 Å². The van der Waals surface area contributed by atoms with E-state index < -0.39 is 12.0 Å². The van der Waals surface area contributed by atoms with Crippen LogP contribution in [0.15, 0.2) is 12.1 Å². The molecule has 1 saturated carbocycles. The molecule has 0 bridgehead atoms. The number of likely N-dealkylation sites (N-methyl/N-ethyl adjacent to an activating group) is 1. The molecule has 2 aromatic heterocycles. The molecule has 0 spiro atoms. The normalized spacial score (nSPS) is 15.1. The first-order valence-electron chi connectivity index (χ1n) is 6.65. The van der Waals surface area contributed by atoms with Crippen LogP contribution in [0.3, 0.4) is 0 Å². The summed E-state index contributed by atoms with van der Waals surface area (Å²) in [5.41, 5.74) is -0.00749. The topological polar surface area (TPSA) is 75.4 Å². The Bertz CT molecular complexity index is 708. The van der Waals surface area contributed by atoms with E-state index in [1.54, 1.807) is 7.05 Å². The standard InChI is InChI=1S/C12H13F3N6O/c1-20(6-10(22)16-7-2-3-7)9-5-4-8-17-18-11(12(13,14)15)21(8)19-9/h4-5,7H,2-3,6H2,1H3,(H,16,22). The van der Waals surface area contributed by atoms with E-state index >= 15 is 0 Å². The molecule has 10 heteroatoms. The second kappa shape index (κ2) is 5.11. The zero-order valence-electron chi connectivity index (χ0n) is 11.6. The van der Waals surface area contributed by atoms with E-state index in [-0.39, 0.29) is 30.0 Å². The van der Waals surface area contributed by atoms with Crippen LogP contribution in [0.2, 0.25) is 0 Å². The van der Waals surface area contributed by atoms with Crippen molar-refractivity contribution in [2.24, 2.45) is 0 Å². The van der Waals surface area contributed by atoms with Gasteiger partial charge in [-0.05, 0) is 25.0 Å². The third kappa shape index (κ3) is 2.95. The third-order valence-electron chi connectivity index (χ3n) is 3.22. The molecule has 1 N–H and O–H groups in total. The minimum atomic E-state index is -4.65. The number of nitrogens with one attached hydrogen (secondary N) is 1. The second-order valence-electron chi connectivity index (χ2n) is 5.18. The number of carbonyl (C=O) groups is 1. The summed E-state index contributed by atoms with van der Waals surface area (Å²) in [5, 5.41) is 13.2. The lowest BCUT2D eigenvalue weighted by Crippen LogP contribution is -2.36. The van der Waals surface area contributed by atoms with Gasteiger partial charge in [-0.25, -0.2) is 0 Å². The van der Waals surface area contributed by atoms with Gasteiger partial charge in [0, 0.05) is 13.1 Å². The van der Waals surface area contributed by atoms with E-state index in [9.17, 15) is 18.0 Å². The Labute approximate surface area is 123 Å². The quantitative estimate of drug-likeness (QED) is 0.906. The summed E-state index contributed by atoms with van der Waals surface area (Å²) in [6.07, 6.45) is -2.71. The van der Waals surface area contributed by atoms with Gasteiger partial charge in [0.15, 0.2) is 5.65 Å². The maximum atomic E-state index is 12.8. The number of hydrogen-bond acceptors (Lipinski definition) is 5. The number of alkyl halides is 3. The molecule has 3 rings (SSSR count). The number of halogens is 3. The molecule has 7 nitrogen and oxygen atoms in total. The highest BCUT2D eigenvalue weighted by molar-refractivity contribution is 5.81. The maximum Gasteiger partial charge on any atom is 0.453 e. The van der Waals surface area contributed by atoms with Gasteiger partial charge in [0.2, 0.25) is 5.91 Å². The van der Waals surface area contributed by atoms with Crippen molar-refractivity contribution in [1.82, 2.24) is 25.1 Å². The molecular formula is C12H13F3N6O. The van der Waals surface area contributed by atoms with Gasteiger partial charge in [-0.2, -0.15) is 17.7 Å². The first kappa shape index (κ1) is 14.5. The lowest BCUT2D eigenvalue weighted by molar-refractivity contribution is -0.146. The minimum Gasteiger partial charge on any atom is -0.352 e. The van der Waals surface area contributed by atoms with Crippen molar-refractivity contribution >= 4 is 17.4 Å². The summed E-state index contributed by atoms with van der Waals surface area (Å²) in [5.74, 6) is -1.16. The number of carbonyl (C=O) groups excluding carboxylic acids is 1. The summed E-state index contributed by atoms with van der Waals surface area (Å²) in [4.78, 5) is 13.2. The summed E-state index contributed by atoms with van der Waals surface area (Å²) < 4.78 is 39.0. The van der Waals surface area contributed by atoms with Crippen LogP contribution in [0.1, 0.15) is 18.7 Å². The second-order valence-corrected chi connectivity index (χ2v) is 5.18. The summed E-state index contributed by atoms with van der Waals surface area (Å²) in [6.45, 7) is 0.0124. The molecule has 1 amide bonds. The zero-order valence-corrected chi connectivity index (χ0v) is 11.6. The number of fused-ring (bicyclic) bond motifs is 1. The van der Waals surface area contributed by atoms with Crippen molar-refractivity contribution in [2.75, 3.05) is 18.5 Å². The Kier molecular flexibility index (Phi) is 3.38. The Morgan fingerprint density at radius 1 is 1.41 bits per heavy atom. The molecule has 118 valence electrons. The third-order valence-corrected chi connectivity index (χ3v) is 3.22. The molecule has 1 fully saturated rings. The van der Waals surface area contributed by atoms with E-state index in [1.165, 1.54) is 17.0 Å². The number of aromatic nitrogens is 4. The van der Waals surface area contributed by atoms with Gasteiger partial charge < -0.3 is 10.2 Å². The first-order chi connectivity index (χ1) is 10.3. The number of amides is 1. The molecule has 22 heavy (non-hydrogen) atoms. The minimum absolute atomic E-state index is 0.00749. The van der Waals surface area contributed by atoms with Crippen LogP contribution >= 0.6 is 0 Å². The Morgan fingerprint density at radius 3 is 2.77 bits per heavy atom.